The van der Waals surface area contributed by atoms with Crippen LogP contribution in [-0.4, -0.2) is 14.5 Å². The third-order valence-electron chi connectivity index (χ3n) is 2.98. The topological polar surface area (TPSA) is 72.2 Å². The van der Waals surface area contributed by atoms with E-state index >= 15 is 0 Å². The van der Waals surface area contributed by atoms with Crippen LogP contribution in [0.2, 0.25) is 0 Å². The molecule has 0 bridgehead atoms. The number of benzene rings is 1. The van der Waals surface area contributed by atoms with Crippen LogP contribution in [0.3, 0.4) is 0 Å². The molecule has 1 aromatic rings. The van der Waals surface area contributed by atoms with Crippen molar-refractivity contribution >= 4 is 15.7 Å². The van der Waals surface area contributed by atoms with Crippen molar-refractivity contribution in [2.24, 2.45) is 11.1 Å². The van der Waals surface area contributed by atoms with Crippen molar-refractivity contribution < 1.29 is 8.42 Å². The van der Waals surface area contributed by atoms with Gasteiger partial charge in [0.25, 0.3) is 0 Å². The summed E-state index contributed by atoms with van der Waals surface area (Å²) in [6.07, 6.45) is 2.39. The van der Waals surface area contributed by atoms with Gasteiger partial charge in [0, 0.05) is 11.7 Å². The number of nitrogens with two attached hydrogens (primary N) is 1. The first kappa shape index (κ1) is 11.4. The number of anilines is 1. The van der Waals surface area contributed by atoms with Gasteiger partial charge in [-0.2, -0.15) is 0 Å². The van der Waals surface area contributed by atoms with Crippen LogP contribution < -0.4 is 10.5 Å². The van der Waals surface area contributed by atoms with E-state index in [4.69, 9.17) is 5.14 Å². The van der Waals surface area contributed by atoms with E-state index in [2.05, 4.69) is 12.2 Å². The van der Waals surface area contributed by atoms with Crippen LogP contribution in [0.4, 0.5) is 5.69 Å². The van der Waals surface area contributed by atoms with Gasteiger partial charge in [0.1, 0.15) is 0 Å². The summed E-state index contributed by atoms with van der Waals surface area (Å²) in [5, 5.41) is 8.38. The fourth-order valence-electron chi connectivity index (χ4n) is 1.83. The molecular weight excluding hydrogens is 224 g/mol. The van der Waals surface area contributed by atoms with Crippen LogP contribution in [0.25, 0.3) is 0 Å². The fourth-order valence-corrected chi connectivity index (χ4v) is 2.35. The van der Waals surface area contributed by atoms with Gasteiger partial charge in [0.05, 0.1) is 4.90 Å². The summed E-state index contributed by atoms with van der Waals surface area (Å²) in [6.45, 7) is 2.18. The number of primary sulfonamides is 1. The molecule has 1 aliphatic rings. The molecule has 0 aromatic heterocycles. The highest BCUT2D eigenvalue weighted by Gasteiger charge is 2.34. The monoisotopic (exact) mass is 240 g/mol. The van der Waals surface area contributed by atoms with Crippen molar-refractivity contribution in [2.75, 3.05) is 5.32 Å². The van der Waals surface area contributed by atoms with E-state index in [1.54, 1.807) is 12.1 Å². The van der Waals surface area contributed by atoms with Crippen molar-refractivity contribution in [1.82, 2.24) is 0 Å². The highest BCUT2D eigenvalue weighted by molar-refractivity contribution is 7.89. The lowest BCUT2D eigenvalue weighted by molar-refractivity contribution is 0.598. The Labute approximate surface area is 95.9 Å². The zero-order valence-electron chi connectivity index (χ0n) is 9.18. The Balaban J connectivity index is 2.03. The highest BCUT2D eigenvalue weighted by atomic mass is 32.2. The normalized spacial score (nSPS) is 24.1. The first-order chi connectivity index (χ1) is 7.50. The van der Waals surface area contributed by atoms with Crippen LogP contribution in [0.5, 0.6) is 0 Å². The molecule has 4 nitrogen and oxygen atoms in total. The molecule has 1 fully saturated rings. The number of sulfonamides is 1. The molecule has 2 unspecified atom stereocenters. The smallest absolute Gasteiger partial charge is 0.238 e. The third kappa shape index (κ3) is 2.54. The van der Waals surface area contributed by atoms with E-state index in [0.717, 1.165) is 11.6 Å². The Kier molecular flexibility index (Phi) is 2.90. The summed E-state index contributed by atoms with van der Waals surface area (Å²) >= 11 is 0. The van der Waals surface area contributed by atoms with E-state index in [1.807, 2.05) is 0 Å². The zero-order valence-corrected chi connectivity index (χ0v) is 10.00. The standard InChI is InChI=1S/C11H16N2O2S/c1-2-8-7-11(8)13-9-3-5-10(6-4-9)16(12,14)15/h3-6,8,11,13H,2,7H2,1H3,(H2,12,14,15). The Morgan fingerprint density at radius 2 is 2.00 bits per heavy atom. The van der Waals surface area contributed by atoms with Crippen molar-refractivity contribution in [2.45, 2.75) is 30.7 Å². The maximum Gasteiger partial charge on any atom is 0.238 e. The number of nitrogens with one attached hydrogen (secondary N) is 1. The lowest BCUT2D eigenvalue weighted by Crippen LogP contribution is -2.12. The van der Waals surface area contributed by atoms with Gasteiger partial charge in [-0.25, -0.2) is 13.6 Å². The van der Waals surface area contributed by atoms with Gasteiger partial charge in [0.2, 0.25) is 10.0 Å². The van der Waals surface area contributed by atoms with Crippen molar-refractivity contribution in [3.05, 3.63) is 24.3 Å². The van der Waals surface area contributed by atoms with E-state index in [0.29, 0.717) is 6.04 Å². The largest absolute Gasteiger partial charge is 0.382 e. The molecule has 0 radical (unpaired) electrons. The second-order valence-electron chi connectivity index (χ2n) is 4.22. The zero-order chi connectivity index (χ0) is 11.8. The van der Waals surface area contributed by atoms with Gasteiger partial charge in [-0.1, -0.05) is 13.3 Å². The Morgan fingerprint density at radius 3 is 2.44 bits per heavy atom. The summed E-state index contributed by atoms with van der Waals surface area (Å²) in [5.74, 6) is 0.762. The van der Waals surface area contributed by atoms with E-state index in [9.17, 15) is 8.42 Å². The summed E-state index contributed by atoms with van der Waals surface area (Å²) in [5.41, 5.74) is 0.952. The summed E-state index contributed by atoms with van der Waals surface area (Å²) in [6, 6.07) is 7.11. The Bertz CT molecular complexity index is 467. The minimum absolute atomic E-state index is 0.154. The Morgan fingerprint density at radius 1 is 1.38 bits per heavy atom. The molecule has 0 aliphatic heterocycles. The molecule has 3 N–H and O–H groups in total. The average Bonchev–Trinajstić information content (AvgIpc) is 2.96. The van der Waals surface area contributed by atoms with E-state index in [-0.39, 0.29) is 4.90 Å². The average molecular weight is 240 g/mol. The predicted octanol–water partition coefficient (Wildman–Crippen LogP) is 1.54. The van der Waals surface area contributed by atoms with Crippen LogP contribution in [0.1, 0.15) is 19.8 Å². The molecule has 1 aromatic carbocycles. The van der Waals surface area contributed by atoms with E-state index < -0.39 is 10.0 Å². The molecule has 0 saturated heterocycles. The third-order valence-corrected chi connectivity index (χ3v) is 3.91. The maximum atomic E-state index is 11.0. The molecule has 1 aliphatic carbocycles. The van der Waals surface area contributed by atoms with Gasteiger partial charge < -0.3 is 5.32 Å². The van der Waals surface area contributed by atoms with Crippen molar-refractivity contribution in [3.8, 4) is 0 Å². The molecule has 1 saturated carbocycles. The molecule has 0 spiro atoms. The second kappa shape index (κ2) is 4.07. The fraction of sp³-hybridized carbons (Fsp3) is 0.455. The lowest BCUT2D eigenvalue weighted by Gasteiger charge is -2.06. The van der Waals surface area contributed by atoms with Gasteiger partial charge >= 0.3 is 0 Å². The van der Waals surface area contributed by atoms with Crippen molar-refractivity contribution in [3.63, 3.8) is 0 Å². The number of rotatable bonds is 4. The quantitative estimate of drug-likeness (QED) is 0.838. The molecule has 0 heterocycles. The first-order valence-electron chi connectivity index (χ1n) is 5.40. The molecule has 5 heteroatoms. The minimum atomic E-state index is -3.58. The van der Waals surface area contributed by atoms with Crippen LogP contribution in [0.15, 0.2) is 29.2 Å². The summed E-state index contributed by atoms with van der Waals surface area (Å²) < 4.78 is 22.1. The van der Waals surface area contributed by atoms with E-state index in [1.165, 1.54) is 25.0 Å². The van der Waals surface area contributed by atoms with Crippen molar-refractivity contribution in [1.29, 1.82) is 0 Å². The number of hydrogen-bond donors (Lipinski definition) is 2. The van der Waals surface area contributed by atoms with Gasteiger partial charge in [-0.05, 0) is 36.6 Å². The first-order valence-corrected chi connectivity index (χ1v) is 6.94. The summed E-state index contributed by atoms with van der Waals surface area (Å²) in [4.78, 5) is 0.154. The van der Waals surface area contributed by atoms with Gasteiger partial charge in [-0.15, -0.1) is 0 Å². The van der Waals surface area contributed by atoms with Crippen LogP contribution >= 0.6 is 0 Å². The molecule has 2 atom stereocenters. The van der Waals surface area contributed by atoms with Gasteiger partial charge in [0.15, 0.2) is 0 Å². The predicted molar refractivity (Wildman–Crippen MR) is 63.6 cm³/mol. The molecule has 16 heavy (non-hydrogen) atoms. The Hall–Kier alpha value is -1.07. The minimum Gasteiger partial charge on any atom is -0.382 e. The number of hydrogen-bond acceptors (Lipinski definition) is 3. The maximum absolute atomic E-state index is 11.0. The van der Waals surface area contributed by atoms with Crippen LogP contribution in [0, 0.1) is 5.92 Å². The summed E-state index contributed by atoms with van der Waals surface area (Å²) in [7, 11) is -3.58. The SMILES string of the molecule is CCC1CC1Nc1ccc(S(N)(=O)=O)cc1. The molecule has 88 valence electrons. The highest BCUT2D eigenvalue weighted by Crippen LogP contribution is 2.36. The molecule has 2 rings (SSSR count). The second-order valence-corrected chi connectivity index (χ2v) is 5.79. The molecule has 0 amide bonds. The lowest BCUT2D eigenvalue weighted by atomic mass is 10.3. The molecular formula is C11H16N2O2S. The van der Waals surface area contributed by atoms with Gasteiger partial charge in [-0.3, -0.25) is 0 Å². The van der Waals surface area contributed by atoms with Crippen LogP contribution in [-0.2, 0) is 10.0 Å².